The van der Waals surface area contributed by atoms with Crippen molar-refractivity contribution in [3.05, 3.63) is 77.3 Å². The van der Waals surface area contributed by atoms with E-state index in [0.717, 1.165) is 55.5 Å². The number of aryl methyl sites for hydroxylation is 1. The molecule has 3 fully saturated rings. The maximum absolute atomic E-state index is 12.4. The summed E-state index contributed by atoms with van der Waals surface area (Å²) >= 11 is 4.19. The molecule has 4 aliphatic rings. The van der Waals surface area contributed by atoms with Crippen LogP contribution in [0.1, 0.15) is 26.3 Å². The van der Waals surface area contributed by atoms with Gasteiger partial charge in [0.15, 0.2) is 0 Å². The summed E-state index contributed by atoms with van der Waals surface area (Å²) in [6.45, 7) is 13.3. The van der Waals surface area contributed by atoms with Crippen LogP contribution in [0.4, 0.5) is 0 Å². The van der Waals surface area contributed by atoms with Gasteiger partial charge in [0, 0.05) is 50.2 Å². The predicted octanol–water partition coefficient (Wildman–Crippen LogP) is 3.57. The Morgan fingerprint density at radius 2 is 1.30 bits per heavy atom. The average molecular weight is 586 g/mol. The maximum atomic E-state index is 12.4. The number of hydrogen-bond acceptors (Lipinski definition) is 9. The lowest BCUT2D eigenvalue weighted by atomic mass is 10.0. The predicted molar refractivity (Wildman–Crippen MR) is 155 cm³/mol. The first-order valence-electron chi connectivity index (χ1n) is 13.0. The van der Waals surface area contributed by atoms with Gasteiger partial charge >= 0.3 is 0 Å². The van der Waals surface area contributed by atoms with Crippen LogP contribution >= 0.6 is 12.6 Å². The minimum atomic E-state index is -4.02. The molecule has 0 aromatic heterocycles. The summed E-state index contributed by atoms with van der Waals surface area (Å²) in [6, 6.07) is 13.7. The van der Waals surface area contributed by atoms with Gasteiger partial charge in [0.1, 0.15) is 22.7 Å². The molecule has 214 valence electrons. The molecule has 3 heterocycles. The van der Waals surface area contributed by atoms with Gasteiger partial charge in [-0.05, 0) is 64.1 Å². The van der Waals surface area contributed by atoms with Crippen molar-refractivity contribution in [2.75, 3.05) is 39.3 Å². The number of rotatable bonds is 5. The summed E-state index contributed by atoms with van der Waals surface area (Å²) < 4.78 is 35.2. The maximum Gasteiger partial charge on any atom is 0.294 e. The van der Waals surface area contributed by atoms with Gasteiger partial charge in [-0.3, -0.25) is 14.1 Å². The second kappa shape index (κ2) is 11.7. The second-order valence-electron chi connectivity index (χ2n) is 10.9. The highest BCUT2D eigenvalue weighted by atomic mass is 32.2. The minimum absolute atomic E-state index is 0.00546. The molecule has 11 heteroatoms. The van der Waals surface area contributed by atoms with Crippen molar-refractivity contribution in [2.24, 2.45) is 0 Å². The molecule has 3 saturated heterocycles. The van der Waals surface area contributed by atoms with E-state index in [1.54, 1.807) is 12.1 Å². The van der Waals surface area contributed by atoms with Crippen molar-refractivity contribution in [1.82, 2.24) is 14.7 Å². The molecule has 1 aliphatic carbocycles. The van der Waals surface area contributed by atoms with E-state index >= 15 is 0 Å². The Morgan fingerprint density at radius 3 is 1.75 bits per heavy atom. The Kier molecular flexibility index (Phi) is 8.67. The third kappa shape index (κ3) is 8.36. The molecule has 2 aromatic carbocycles. The van der Waals surface area contributed by atoms with Gasteiger partial charge in [-0.1, -0.05) is 17.7 Å². The van der Waals surface area contributed by atoms with Crippen molar-refractivity contribution in [1.29, 1.82) is 0 Å². The Morgan fingerprint density at radius 1 is 0.800 bits per heavy atom. The summed E-state index contributed by atoms with van der Waals surface area (Å²) in [4.78, 5) is 31.4. The molecule has 0 unspecified atom stereocenters. The first-order chi connectivity index (χ1) is 18.7. The van der Waals surface area contributed by atoms with E-state index in [9.17, 15) is 18.0 Å². The molecule has 0 atom stereocenters. The SMILES string of the molecule is CC(C)(C)Oc1ccc(S)cc1.Cc1ccc(S(=O)(=O)O)cc1.O=C1C=C(N2CC2)C(=O)C(N2CC2)=C1N1CC1. The lowest BCUT2D eigenvalue weighted by molar-refractivity contribution is -0.117. The lowest BCUT2D eigenvalue weighted by Crippen LogP contribution is -2.29. The smallest absolute Gasteiger partial charge is 0.294 e. The van der Waals surface area contributed by atoms with Gasteiger partial charge in [-0.2, -0.15) is 8.42 Å². The molecule has 3 aliphatic heterocycles. The van der Waals surface area contributed by atoms with Crippen molar-refractivity contribution in [3.8, 4) is 5.75 Å². The molecule has 1 N–H and O–H groups in total. The molecule has 0 radical (unpaired) electrons. The number of allylic oxidation sites excluding steroid dienone is 1. The Bertz CT molecular complexity index is 1430. The fourth-order valence-corrected chi connectivity index (χ4v) is 4.48. The zero-order chi connectivity index (χ0) is 29.2. The first-order valence-corrected chi connectivity index (χ1v) is 14.9. The fourth-order valence-electron chi connectivity index (χ4n) is 3.85. The van der Waals surface area contributed by atoms with Crippen LogP contribution < -0.4 is 4.74 Å². The summed E-state index contributed by atoms with van der Waals surface area (Å²) in [6.07, 6.45) is 1.52. The standard InChI is InChI=1S/C12H13N3O2.C10H14OS.C7H8O3S/c16-9-7-8(13-1-2-13)12(17)11(15-5-6-15)10(9)14-3-4-14;1-10(2,3)11-8-4-6-9(12)7-5-8;1-6-2-4-7(5-3-6)11(8,9)10/h7H,1-6H2;4-7,12H,1-3H3;2-5H,1H3,(H,8,9,10). The topological polar surface area (TPSA) is 107 Å². The van der Waals surface area contributed by atoms with E-state index in [1.807, 2.05) is 66.7 Å². The van der Waals surface area contributed by atoms with Gasteiger partial charge in [-0.25, -0.2) is 0 Å². The van der Waals surface area contributed by atoms with Crippen molar-refractivity contribution in [3.63, 3.8) is 0 Å². The van der Waals surface area contributed by atoms with E-state index in [-0.39, 0.29) is 22.1 Å². The minimum Gasteiger partial charge on any atom is -0.488 e. The van der Waals surface area contributed by atoms with E-state index in [0.29, 0.717) is 17.1 Å². The Balaban J connectivity index is 0.000000144. The van der Waals surface area contributed by atoms with E-state index in [4.69, 9.17) is 9.29 Å². The van der Waals surface area contributed by atoms with Gasteiger partial charge in [0.25, 0.3) is 10.1 Å². The largest absolute Gasteiger partial charge is 0.488 e. The highest BCUT2D eigenvalue weighted by molar-refractivity contribution is 7.85. The van der Waals surface area contributed by atoms with Crippen LogP contribution in [0.2, 0.25) is 0 Å². The number of benzene rings is 2. The monoisotopic (exact) mass is 585 g/mol. The van der Waals surface area contributed by atoms with Crippen LogP contribution in [0, 0.1) is 6.92 Å². The number of carbonyl (C=O) groups is 2. The third-order valence-electron chi connectivity index (χ3n) is 6.07. The fraction of sp³-hybridized carbons (Fsp3) is 0.379. The molecule has 0 saturated carbocycles. The Hall–Kier alpha value is -3.28. The molecule has 9 nitrogen and oxygen atoms in total. The van der Waals surface area contributed by atoms with Crippen LogP contribution in [0.15, 0.2) is 81.5 Å². The highest BCUT2D eigenvalue weighted by Gasteiger charge is 2.43. The summed E-state index contributed by atoms with van der Waals surface area (Å²) in [5, 5.41) is 0. The van der Waals surface area contributed by atoms with E-state index in [2.05, 4.69) is 12.6 Å². The average Bonchev–Trinajstić information content (AvgIpc) is 3.71. The molecule has 40 heavy (non-hydrogen) atoms. The quantitative estimate of drug-likeness (QED) is 0.236. The zero-order valence-corrected chi connectivity index (χ0v) is 24.8. The number of nitrogens with zero attached hydrogens (tertiary/aromatic N) is 3. The van der Waals surface area contributed by atoms with Gasteiger partial charge in [0.2, 0.25) is 11.6 Å². The molecule has 0 bridgehead atoms. The highest BCUT2D eigenvalue weighted by Crippen LogP contribution is 2.34. The molecular formula is C29H35N3O6S2. The van der Waals surface area contributed by atoms with Crippen molar-refractivity contribution >= 4 is 34.3 Å². The number of ether oxygens (including phenoxy) is 1. The molecule has 0 spiro atoms. The Labute approximate surface area is 241 Å². The van der Waals surface area contributed by atoms with Gasteiger partial charge in [-0.15, -0.1) is 12.6 Å². The van der Waals surface area contributed by atoms with Crippen LogP contribution in [0.25, 0.3) is 0 Å². The lowest BCUT2D eigenvalue weighted by Gasteiger charge is -2.21. The second-order valence-corrected chi connectivity index (χ2v) is 12.8. The van der Waals surface area contributed by atoms with Crippen LogP contribution in [0.3, 0.4) is 0 Å². The van der Waals surface area contributed by atoms with Crippen molar-refractivity contribution in [2.45, 2.75) is 43.1 Å². The number of thiol groups is 1. The molecular weight excluding hydrogens is 550 g/mol. The van der Waals surface area contributed by atoms with Gasteiger partial charge in [0.05, 0.1) is 10.6 Å². The van der Waals surface area contributed by atoms with E-state index in [1.165, 1.54) is 18.2 Å². The van der Waals surface area contributed by atoms with Gasteiger partial charge < -0.3 is 19.4 Å². The molecule has 6 rings (SSSR count). The summed E-state index contributed by atoms with van der Waals surface area (Å²) in [7, 11) is -4.02. The first kappa shape index (κ1) is 29.7. The third-order valence-corrected chi connectivity index (χ3v) is 7.23. The number of carbonyl (C=O) groups excluding carboxylic acids is 2. The summed E-state index contributed by atoms with van der Waals surface area (Å²) in [5.41, 5.74) is 2.72. The van der Waals surface area contributed by atoms with Crippen LogP contribution in [-0.2, 0) is 19.7 Å². The van der Waals surface area contributed by atoms with Crippen LogP contribution in [0.5, 0.6) is 5.75 Å². The summed E-state index contributed by atoms with van der Waals surface area (Å²) in [5.74, 6) is 0.938. The number of Topliss-reactive ketones (excluding diaryl/α,β-unsaturated/α-hetero) is 1. The number of hydrogen-bond donors (Lipinski definition) is 2. The normalized spacial score (nSPS) is 17.9. The molecule has 0 amide bonds. The number of ketones is 2. The van der Waals surface area contributed by atoms with Crippen molar-refractivity contribution < 1.29 is 27.3 Å². The van der Waals surface area contributed by atoms with Crippen LogP contribution in [-0.4, -0.2) is 84.1 Å². The molecule has 2 aromatic rings. The van der Waals surface area contributed by atoms with E-state index < -0.39 is 10.1 Å². The zero-order valence-electron chi connectivity index (χ0n) is 23.1.